The molecule has 15 heavy (non-hydrogen) atoms. The Morgan fingerprint density at radius 2 is 1.73 bits per heavy atom. The molecule has 0 rings (SSSR count). The van der Waals surface area contributed by atoms with Crippen molar-refractivity contribution >= 4 is 0 Å². The number of hydrogen-bond acceptors (Lipinski definition) is 2. The Morgan fingerprint density at radius 3 is 2.00 bits per heavy atom. The van der Waals surface area contributed by atoms with Gasteiger partial charge in [0.05, 0.1) is 12.0 Å². The molecule has 0 saturated heterocycles. The van der Waals surface area contributed by atoms with Crippen molar-refractivity contribution in [3.8, 4) is 0 Å². The predicted molar refractivity (Wildman–Crippen MR) is 53.7 cm³/mol. The smallest absolute Gasteiger partial charge is 0.388 e. The number of halogens is 3. The molecule has 0 aromatic rings. The molecular formula is C10H20F3NO. The lowest BCUT2D eigenvalue weighted by atomic mass is 10.0. The van der Waals surface area contributed by atoms with Gasteiger partial charge in [-0.05, 0) is 27.3 Å². The molecule has 0 aliphatic rings. The van der Waals surface area contributed by atoms with Crippen LogP contribution in [0.4, 0.5) is 13.2 Å². The standard InChI is InChI=1S/C10H20F3NO/c1-5-14(8(2)3)7-9(4,15)6-10(11,12)13/h8,15H,5-7H2,1-4H3. The van der Waals surface area contributed by atoms with Gasteiger partial charge >= 0.3 is 6.18 Å². The summed E-state index contributed by atoms with van der Waals surface area (Å²) in [6.45, 7) is 7.56. The summed E-state index contributed by atoms with van der Waals surface area (Å²) in [4.78, 5) is 1.81. The van der Waals surface area contributed by atoms with Gasteiger partial charge in [0.2, 0.25) is 0 Å². The van der Waals surface area contributed by atoms with Crippen molar-refractivity contribution in [3.63, 3.8) is 0 Å². The molecule has 0 heterocycles. The Bertz CT molecular complexity index is 190. The SMILES string of the molecule is CCN(CC(C)(O)CC(F)(F)F)C(C)C. The van der Waals surface area contributed by atoms with Crippen LogP contribution in [0.15, 0.2) is 0 Å². The number of rotatable bonds is 5. The summed E-state index contributed by atoms with van der Waals surface area (Å²) >= 11 is 0. The third kappa shape index (κ3) is 6.73. The lowest BCUT2D eigenvalue weighted by molar-refractivity contribution is -0.176. The van der Waals surface area contributed by atoms with E-state index in [2.05, 4.69) is 0 Å². The summed E-state index contributed by atoms with van der Waals surface area (Å²) in [6.07, 6.45) is -5.48. The molecule has 0 fully saturated rings. The second kappa shape index (κ2) is 5.16. The van der Waals surface area contributed by atoms with Gasteiger partial charge in [0.25, 0.3) is 0 Å². The first-order chi connectivity index (χ1) is 6.57. The lowest BCUT2D eigenvalue weighted by Gasteiger charge is -2.33. The van der Waals surface area contributed by atoms with E-state index in [1.807, 2.05) is 25.7 Å². The zero-order valence-corrected chi connectivity index (χ0v) is 9.73. The second-order valence-corrected chi connectivity index (χ2v) is 4.45. The van der Waals surface area contributed by atoms with Crippen LogP contribution in [0.1, 0.15) is 34.1 Å². The Labute approximate surface area is 89.1 Å². The van der Waals surface area contributed by atoms with E-state index in [4.69, 9.17) is 0 Å². The van der Waals surface area contributed by atoms with Gasteiger partial charge in [-0.25, -0.2) is 0 Å². The van der Waals surface area contributed by atoms with Gasteiger partial charge in [-0.15, -0.1) is 0 Å². The summed E-state index contributed by atoms with van der Waals surface area (Å²) < 4.78 is 36.4. The first-order valence-electron chi connectivity index (χ1n) is 5.10. The second-order valence-electron chi connectivity index (χ2n) is 4.45. The van der Waals surface area contributed by atoms with Gasteiger partial charge in [-0.2, -0.15) is 13.2 Å². The van der Waals surface area contributed by atoms with Crippen molar-refractivity contribution < 1.29 is 18.3 Å². The van der Waals surface area contributed by atoms with Crippen molar-refractivity contribution in [1.29, 1.82) is 0 Å². The van der Waals surface area contributed by atoms with Crippen LogP contribution >= 0.6 is 0 Å². The Morgan fingerprint density at radius 1 is 1.27 bits per heavy atom. The summed E-state index contributed by atoms with van der Waals surface area (Å²) in [5.41, 5.74) is -1.71. The zero-order chi connectivity index (χ0) is 12.3. The maximum absolute atomic E-state index is 12.1. The molecule has 1 atom stereocenters. The normalized spacial score (nSPS) is 17.2. The summed E-state index contributed by atoms with van der Waals surface area (Å²) in [7, 11) is 0. The third-order valence-corrected chi connectivity index (χ3v) is 2.26. The van der Waals surface area contributed by atoms with Crippen molar-refractivity contribution in [2.75, 3.05) is 13.1 Å². The quantitative estimate of drug-likeness (QED) is 0.779. The average molecular weight is 227 g/mol. The number of alkyl halides is 3. The van der Waals surface area contributed by atoms with E-state index in [9.17, 15) is 18.3 Å². The molecule has 0 spiro atoms. The molecule has 1 N–H and O–H groups in total. The van der Waals surface area contributed by atoms with Gasteiger partial charge in [0, 0.05) is 12.6 Å². The lowest BCUT2D eigenvalue weighted by Crippen LogP contribution is -2.46. The van der Waals surface area contributed by atoms with E-state index >= 15 is 0 Å². The van der Waals surface area contributed by atoms with Crippen LogP contribution in [0.25, 0.3) is 0 Å². The van der Waals surface area contributed by atoms with Crippen molar-refractivity contribution in [3.05, 3.63) is 0 Å². The highest BCUT2D eigenvalue weighted by molar-refractivity contribution is 4.81. The average Bonchev–Trinajstić information content (AvgIpc) is 1.94. The molecule has 1 unspecified atom stereocenters. The maximum atomic E-state index is 12.1. The molecule has 0 saturated carbocycles. The van der Waals surface area contributed by atoms with Crippen LogP contribution in [0.3, 0.4) is 0 Å². The summed E-state index contributed by atoms with van der Waals surface area (Å²) in [5, 5.41) is 9.64. The zero-order valence-electron chi connectivity index (χ0n) is 9.73. The minimum atomic E-state index is -4.32. The number of aliphatic hydroxyl groups is 1. The van der Waals surface area contributed by atoms with E-state index in [1.165, 1.54) is 6.92 Å². The van der Waals surface area contributed by atoms with Gasteiger partial charge in [0.1, 0.15) is 0 Å². The van der Waals surface area contributed by atoms with E-state index < -0.39 is 18.2 Å². The molecule has 0 radical (unpaired) electrons. The molecule has 92 valence electrons. The van der Waals surface area contributed by atoms with Crippen molar-refractivity contribution in [2.24, 2.45) is 0 Å². The van der Waals surface area contributed by atoms with E-state index in [1.54, 1.807) is 0 Å². The van der Waals surface area contributed by atoms with Gasteiger partial charge in [-0.1, -0.05) is 6.92 Å². The fraction of sp³-hybridized carbons (Fsp3) is 1.00. The van der Waals surface area contributed by atoms with E-state index in [-0.39, 0.29) is 12.6 Å². The first-order valence-corrected chi connectivity index (χ1v) is 5.10. The molecule has 0 amide bonds. The number of hydrogen-bond donors (Lipinski definition) is 1. The number of nitrogens with zero attached hydrogens (tertiary/aromatic N) is 1. The Hall–Kier alpha value is -0.290. The fourth-order valence-electron chi connectivity index (χ4n) is 1.58. The van der Waals surface area contributed by atoms with Crippen LogP contribution in [-0.2, 0) is 0 Å². The van der Waals surface area contributed by atoms with Gasteiger partial charge in [-0.3, -0.25) is 4.90 Å². The summed E-state index contributed by atoms with van der Waals surface area (Å²) in [6, 6.07) is 0.134. The molecular weight excluding hydrogens is 207 g/mol. The summed E-state index contributed by atoms with van der Waals surface area (Å²) in [5.74, 6) is 0. The minimum Gasteiger partial charge on any atom is -0.388 e. The highest BCUT2D eigenvalue weighted by Gasteiger charge is 2.39. The van der Waals surface area contributed by atoms with Crippen LogP contribution in [0.5, 0.6) is 0 Å². The van der Waals surface area contributed by atoms with Crippen LogP contribution < -0.4 is 0 Å². The van der Waals surface area contributed by atoms with Gasteiger partial charge in [0.15, 0.2) is 0 Å². The molecule has 0 bridgehead atoms. The van der Waals surface area contributed by atoms with Crippen molar-refractivity contribution in [1.82, 2.24) is 4.90 Å². The highest BCUT2D eigenvalue weighted by atomic mass is 19.4. The Balaban J connectivity index is 4.35. The topological polar surface area (TPSA) is 23.5 Å². The van der Waals surface area contributed by atoms with Crippen LogP contribution in [0, 0.1) is 0 Å². The van der Waals surface area contributed by atoms with Crippen LogP contribution in [0.2, 0.25) is 0 Å². The molecule has 0 aromatic heterocycles. The fourth-order valence-corrected chi connectivity index (χ4v) is 1.58. The number of likely N-dealkylation sites (N-methyl/N-ethyl adjacent to an activating group) is 1. The Kier molecular flexibility index (Phi) is 5.06. The van der Waals surface area contributed by atoms with E-state index in [0.29, 0.717) is 6.54 Å². The van der Waals surface area contributed by atoms with E-state index in [0.717, 1.165) is 0 Å². The first kappa shape index (κ1) is 14.7. The van der Waals surface area contributed by atoms with Crippen molar-refractivity contribution in [2.45, 2.75) is 51.9 Å². The predicted octanol–water partition coefficient (Wildman–Crippen LogP) is 2.42. The van der Waals surface area contributed by atoms with Crippen LogP contribution in [-0.4, -0.2) is 40.9 Å². The monoisotopic (exact) mass is 227 g/mol. The largest absolute Gasteiger partial charge is 0.391 e. The molecule has 0 aliphatic carbocycles. The minimum absolute atomic E-state index is 0.0423. The molecule has 2 nitrogen and oxygen atoms in total. The molecule has 5 heteroatoms. The highest BCUT2D eigenvalue weighted by Crippen LogP contribution is 2.28. The third-order valence-electron chi connectivity index (χ3n) is 2.26. The maximum Gasteiger partial charge on any atom is 0.391 e. The van der Waals surface area contributed by atoms with Gasteiger partial charge < -0.3 is 5.11 Å². The molecule has 0 aliphatic heterocycles. The molecule has 0 aromatic carbocycles.